The number of nitrogens with one attached hydrogen (secondary N) is 1. The van der Waals surface area contributed by atoms with Gasteiger partial charge in [0, 0.05) is 10.9 Å². The molecule has 1 heterocycles. The van der Waals surface area contributed by atoms with Gasteiger partial charge in [-0.1, -0.05) is 11.6 Å². The van der Waals surface area contributed by atoms with E-state index in [4.69, 9.17) is 4.55 Å². The smallest absolute Gasteiger partial charge is 0.167 e. The van der Waals surface area contributed by atoms with Crippen LogP contribution >= 0.6 is 0 Å². The fourth-order valence-electron chi connectivity index (χ4n) is 1.23. The van der Waals surface area contributed by atoms with E-state index in [2.05, 4.69) is 4.72 Å². The molecule has 1 unspecified atom stereocenters. The third kappa shape index (κ3) is 1.19. The topological polar surface area (TPSA) is 49.3 Å². The number of anilines is 1. The molecule has 2 rings (SSSR count). The molecule has 0 aromatic heterocycles. The van der Waals surface area contributed by atoms with Gasteiger partial charge in [0.2, 0.25) is 0 Å². The summed E-state index contributed by atoms with van der Waals surface area (Å²) in [5.74, 6) is 0. The van der Waals surface area contributed by atoms with Crippen molar-refractivity contribution >= 4 is 21.0 Å². The Morgan fingerprint density at radius 3 is 3.00 bits per heavy atom. The van der Waals surface area contributed by atoms with Gasteiger partial charge in [0.05, 0.1) is 5.69 Å². The number of rotatable bonds is 0. The second-order valence-corrected chi connectivity index (χ2v) is 4.46. The lowest BCUT2D eigenvalue weighted by Gasteiger charge is -2.00. The van der Waals surface area contributed by atoms with Gasteiger partial charge in [-0.15, -0.1) is 0 Å². The summed E-state index contributed by atoms with van der Waals surface area (Å²) in [7, 11) is -2.95. The zero-order valence-electron chi connectivity index (χ0n) is 6.57. The second-order valence-electron chi connectivity index (χ2n) is 2.88. The molecule has 1 aliphatic rings. The third-order valence-corrected chi connectivity index (χ3v) is 2.84. The van der Waals surface area contributed by atoms with E-state index >= 15 is 0 Å². The molecule has 0 saturated heterocycles. The first kappa shape index (κ1) is 7.64. The van der Waals surface area contributed by atoms with Crippen molar-refractivity contribution in [2.24, 2.45) is 0 Å². The largest absolute Gasteiger partial charge is 0.298 e. The van der Waals surface area contributed by atoms with E-state index in [9.17, 15) is 4.21 Å². The highest BCUT2D eigenvalue weighted by atomic mass is 32.2. The molecule has 0 aliphatic carbocycles. The van der Waals surface area contributed by atoms with Crippen molar-refractivity contribution in [3.8, 4) is 0 Å². The van der Waals surface area contributed by atoms with Crippen LogP contribution in [0, 0.1) is 6.92 Å². The normalized spacial score (nSPS) is 25.8. The van der Waals surface area contributed by atoms with Crippen LogP contribution in [0.3, 0.4) is 0 Å². The van der Waals surface area contributed by atoms with Gasteiger partial charge in [0.25, 0.3) is 0 Å². The highest BCUT2D eigenvalue weighted by molar-refractivity contribution is 7.98. The molecule has 1 aliphatic heterocycles. The van der Waals surface area contributed by atoms with E-state index in [1.165, 1.54) is 5.37 Å². The Morgan fingerprint density at radius 1 is 1.50 bits per heavy atom. The second kappa shape index (κ2) is 2.24. The molecule has 1 aromatic rings. The van der Waals surface area contributed by atoms with E-state index in [1.807, 2.05) is 25.1 Å². The Hall–Kier alpha value is -1.00. The summed E-state index contributed by atoms with van der Waals surface area (Å²) >= 11 is 0. The summed E-state index contributed by atoms with van der Waals surface area (Å²) in [6.45, 7) is 1.95. The standard InChI is InChI=1S/C8H9NO2S/c1-6-2-3-8-7(4-6)5-12(10,11)9-8/h2-5H,1H3,(H2,9,10,11). The quantitative estimate of drug-likeness (QED) is 0.594. The number of hydrogen-bond donors (Lipinski definition) is 2. The Balaban J connectivity index is 2.64. The molecular weight excluding hydrogens is 174 g/mol. The SMILES string of the molecule is Cc1ccc2c(c1)C=S(=O)(O)N2. The molecule has 2 N–H and O–H groups in total. The van der Waals surface area contributed by atoms with Gasteiger partial charge < -0.3 is 0 Å². The van der Waals surface area contributed by atoms with Crippen molar-refractivity contribution in [2.45, 2.75) is 6.92 Å². The zero-order valence-corrected chi connectivity index (χ0v) is 7.39. The third-order valence-electron chi connectivity index (χ3n) is 1.75. The van der Waals surface area contributed by atoms with Gasteiger partial charge in [-0.2, -0.15) is 0 Å². The molecule has 3 nitrogen and oxygen atoms in total. The molecule has 0 amide bonds. The van der Waals surface area contributed by atoms with Crippen LogP contribution in [0.15, 0.2) is 18.2 Å². The predicted molar refractivity (Wildman–Crippen MR) is 50.7 cm³/mol. The predicted octanol–water partition coefficient (Wildman–Crippen LogP) is 1.24. The van der Waals surface area contributed by atoms with E-state index in [1.54, 1.807) is 0 Å². The van der Waals surface area contributed by atoms with Crippen LogP contribution in [0.1, 0.15) is 11.1 Å². The Labute approximate surface area is 71.4 Å². The van der Waals surface area contributed by atoms with Crippen molar-refractivity contribution < 1.29 is 8.76 Å². The lowest BCUT2D eigenvalue weighted by molar-refractivity contribution is 0.566. The summed E-state index contributed by atoms with van der Waals surface area (Å²) < 4.78 is 22.8. The van der Waals surface area contributed by atoms with Crippen molar-refractivity contribution in [1.29, 1.82) is 0 Å². The van der Waals surface area contributed by atoms with Crippen LogP contribution in [0.5, 0.6) is 0 Å². The van der Waals surface area contributed by atoms with Crippen LogP contribution in [0.25, 0.3) is 0 Å². The van der Waals surface area contributed by atoms with Gasteiger partial charge >= 0.3 is 0 Å². The number of benzene rings is 1. The summed E-state index contributed by atoms with van der Waals surface area (Å²) in [5.41, 5.74) is 2.62. The Kier molecular flexibility index (Phi) is 1.43. The fraction of sp³-hybridized carbons (Fsp3) is 0.125. The molecule has 1 aromatic carbocycles. The van der Waals surface area contributed by atoms with Gasteiger partial charge in [-0.25, -0.2) is 4.21 Å². The van der Waals surface area contributed by atoms with Crippen molar-refractivity contribution in [3.05, 3.63) is 29.3 Å². The minimum Gasteiger partial charge on any atom is -0.298 e. The molecule has 64 valence electrons. The first-order chi connectivity index (χ1) is 5.57. The van der Waals surface area contributed by atoms with Gasteiger partial charge in [-0.3, -0.25) is 9.27 Å². The maximum atomic E-state index is 11.1. The maximum Gasteiger partial charge on any atom is 0.167 e. The van der Waals surface area contributed by atoms with Crippen molar-refractivity contribution in [2.75, 3.05) is 4.72 Å². The average molecular weight is 183 g/mol. The first-order valence-corrected chi connectivity index (χ1v) is 5.14. The van der Waals surface area contributed by atoms with Crippen LogP contribution < -0.4 is 4.72 Å². The summed E-state index contributed by atoms with van der Waals surface area (Å²) in [4.78, 5) is 0. The van der Waals surface area contributed by atoms with Gasteiger partial charge in [-0.05, 0) is 19.1 Å². The maximum absolute atomic E-state index is 11.1. The number of hydrogen-bond acceptors (Lipinski definition) is 1. The van der Waals surface area contributed by atoms with E-state index in [0.29, 0.717) is 0 Å². The van der Waals surface area contributed by atoms with E-state index < -0.39 is 9.99 Å². The summed E-state index contributed by atoms with van der Waals surface area (Å²) in [6, 6.07) is 5.59. The average Bonchev–Trinajstić information content (AvgIpc) is 2.21. The molecule has 4 heteroatoms. The van der Waals surface area contributed by atoms with E-state index in [0.717, 1.165) is 16.8 Å². The number of fused-ring (bicyclic) bond motifs is 1. The summed E-state index contributed by atoms with van der Waals surface area (Å²) in [5, 5.41) is 1.36. The molecular formula is C8H9NO2S. The molecule has 0 bridgehead atoms. The Morgan fingerprint density at radius 2 is 2.25 bits per heavy atom. The fourth-order valence-corrected chi connectivity index (χ4v) is 2.33. The Bertz CT molecular complexity index is 444. The highest BCUT2D eigenvalue weighted by Crippen LogP contribution is 2.21. The van der Waals surface area contributed by atoms with Crippen LogP contribution in [0.2, 0.25) is 0 Å². The molecule has 1 atom stereocenters. The van der Waals surface area contributed by atoms with Crippen molar-refractivity contribution in [3.63, 3.8) is 0 Å². The van der Waals surface area contributed by atoms with Crippen molar-refractivity contribution in [1.82, 2.24) is 0 Å². The van der Waals surface area contributed by atoms with Gasteiger partial charge in [0.1, 0.15) is 0 Å². The first-order valence-electron chi connectivity index (χ1n) is 3.57. The molecule has 0 fully saturated rings. The monoisotopic (exact) mass is 183 g/mol. The number of aryl methyl sites for hydroxylation is 1. The molecule has 12 heavy (non-hydrogen) atoms. The van der Waals surface area contributed by atoms with Gasteiger partial charge in [0.15, 0.2) is 9.99 Å². The summed E-state index contributed by atoms with van der Waals surface area (Å²) in [6.07, 6.45) is 0. The highest BCUT2D eigenvalue weighted by Gasteiger charge is 2.14. The molecule has 0 radical (unpaired) electrons. The zero-order chi connectivity index (χ0) is 8.77. The minimum atomic E-state index is -2.95. The minimum absolute atomic E-state index is 0.730. The van der Waals surface area contributed by atoms with E-state index in [-0.39, 0.29) is 0 Å². The molecule has 0 saturated carbocycles. The van der Waals surface area contributed by atoms with Crippen LogP contribution in [-0.4, -0.2) is 14.1 Å². The lowest BCUT2D eigenvalue weighted by atomic mass is 10.1. The van der Waals surface area contributed by atoms with Crippen LogP contribution in [0.4, 0.5) is 5.69 Å². The molecule has 0 spiro atoms. The van der Waals surface area contributed by atoms with Crippen LogP contribution in [-0.2, 0) is 9.99 Å². The lowest BCUT2D eigenvalue weighted by Crippen LogP contribution is -2.06.